The number of rotatable bonds is 2. The molecule has 0 radical (unpaired) electrons. The molecule has 0 unspecified atom stereocenters. The van der Waals surface area contributed by atoms with Gasteiger partial charge in [-0.2, -0.15) is 0 Å². The summed E-state index contributed by atoms with van der Waals surface area (Å²) in [6, 6.07) is 34.2. The van der Waals surface area contributed by atoms with Crippen LogP contribution in [0.2, 0.25) is 0 Å². The lowest BCUT2D eigenvalue weighted by Gasteiger charge is -2.09. The maximum atomic E-state index is 4.84. The first-order valence-corrected chi connectivity index (χ1v) is 10.1. The summed E-state index contributed by atoms with van der Waals surface area (Å²) in [7, 11) is 0. The van der Waals surface area contributed by atoms with Crippen LogP contribution in [0.5, 0.6) is 0 Å². The molecule has 2 heterocycles. The molecule has 2 aromatic heterocycles. The van der Waals surface area contributed by atoms with E-state index in [2.05, 4.69) is 95.6 Å². The van der Waals surface area contributed by atoms with Crippen LogP contribution in [-0.2, 0) is 0 Å². The minimum atomic E-state index is 1.06. The van der Waals surface area contributed by atoms with Gasteiger partial charge in [-0.05, 0) is 36.4 Å². The molecule has 0 saturated carbocycles. The normalized spacial score (nSPS) is 11.6. The molecule has 6 aromatic rings. The van der Waals surface area contributed by atoms with Crippen molar-refractivity contribution in [2.75, 3.05) is 0 Å². The van der Waals surface area contributed by atoms with Crippen LogP contribution in [0.25, 0.3) is 48.3 Å². The molecule has 0 bridgehead atoms. The molecule has 0 aliphatic rings. The van der Waals surface area contributed by atoms with Crippen molar-refractivity contribution in [2.24, 2.45) is 0 Å². The Morgan fingerprint density at radius 3 is 2.07 bits per heavy atom. The molecule has 0 saturated heterocycles. The van der Waals surface area contributed by atoms with Gasteiger partial charge in [0.15, 0.2) is 0 Å². The predicted molar refractivity (Wildman–Crippen MR) is 119 cm³/mol. The quantitative estimate of drug-likeness (QED) is 0.316. The van der Waals surface area contributed by atoms with Gasteiger partial charge in [0.1, 0.15) is 5.01 Å². The van der Waals surface area contributed by atoms with Crippen LogP contribution in [-0.4, -0.2) is 9.55 Å². The van der Waals surface area contributed by atoms with Gasteiger partial charge >= 0.3 is 0 Å². The Kier molecular flexibility index (Phi) is 3.37. The highest BCUT2D eigenvalue weighted by molar-refractivity contribution is 7.21. The maximum Gasteiger partial charge on any atom is 0.124 e. The lowest BCUT2D eigenvalue weighted by molar-refractivity contribution is 1.18. The van der Waals surface area contributed by atoms with Crippen molar-refractivity contribution < 1.29 is 0 Å². The molecule has 0 aliphatic carbocycles. The second-order valence-corrected chi connectivity index (χ2v) is 7.94. The average molecular weight is 376 g/mol. The number of hydrogen-bond acceptors (Lipinski definition) is 2. The zero-order valence-corrected chi connectivity index (χ0v) is 15.9. The Balaban J connectivity index is 1.61. The number of thiazole rings is 1. The summed E-state index contributed by atoms with van der Waals surface area (Å²) >= 11 is 1.74. The largest absolute Gasteiger partial charge is 0.309 e. The molecule has 6 rings (SSSR count). The summed E-state index contributed by atoms with van der Waals surface area (Å²) in [4.78, 5) is 4.84. The highest BCUT2D eigenvalue weighted by atomic mass is 32.1. The lowest BCUT2D eigenvalue weighted by Crippen LogP contribution is -1.93. The van der Waals surface area contributed by atoms with E-state index in [1.807, 2.05) is 6.07 Å². The van der Waals surface area contributed by atoms with E-state index in [4.69, 9.17) is 4.98 Å². The third kappa shape index (κ3) is 2.30. The summed E-state index contributed by atoms with van der Waals surface area (Å²) < 4.78 is 3.57. The minimum absolute atomic E-state index is 1.06. The first kappa shape index (κ1) is 15.6. The molecule has 0 N–H and O–H groups in total. The molecule has 0 spiro atoms. The van der Waals surface area contributed by atoms with Gasteiger partial charge in [0.05, 0.1) is 21.3 Å². The van der Waals surface area contributed by atoms with Crippen molar-refractivity contribution in [1.29, 1.82) is 0 Å². The van der Waals surface area contributed by atoms with Crippen molar-refractivity contribution in [3.05, 3.63) is 97.1 Å². The molecule has 132 valence electrons. The van der Waals surface area contributed by atoms with E-state index in [0.717, 1.165) is 21.8 Å². The van der Waals surface area contributed by atoms with E-state index in [1.54, 1.807) is 11.3 Å². The highest BCUT2D eigenvalue weighted by Gasteiger charge is 2.13. The first-order chi connectivity index (χ1) is 13.9. The summed E-state index contributed by atoms with van der Waals surface area (Å²) in [5.41, 5.74) is 5.83. The van der Waals surface area contributed by atoms with Crippen LogP contribution in [0.3, 0.4) is 0 Å². The van der Waals surface area contributed by atoms with Crippen molar-refractivity contribution in [2.45, 2.75) is 0 Å². The lowest BCUT2D eigenvalue weighted by atomic mass is 10.2. The number of benzene rings is 4. The highest BCUT2D eigenvalue weighted by Crippen LogP contribution is 2.34. The van der Waals surface area contributed by atoms with Crippen LogP contribution in [0, 0.1) is 0 Å². The molecule has 4 aromatic carbocycles. The zero-order valence-electron chi connectivity index (χ0n) is 15.0. The molecule has 0 fully saturated rings. The van der Waals surface area contributed by atoms with Crippen molar-refractivity contribution in [3.63, 3.8) is 0 Å². The van der Waals surface area contributed by atoms with Gasteiger partial charge in [-0.25, -0.2) is 4.98 Å². The number of fused-ring (bicyclic) bond motifs is 4. The molecule has 0 amide bonds. The number of hydrogen-bond donors (Lipinski definition) is 0. The molecule has 28 heavy (non-hydrogen) atoms. The van der Waals surface area contributed by atoms with E-state index >= 15 is 0 Å². The van der Waals surface area contributed by atoms with Crippen LogP contribution in [0.15, 0.2) is 97.1 Å². The second-order valence-electron chi connectivity index (χ2n) is 6.91. The van der Waals surface area contributed by atoms with E-state index in [-0.39, 0.29) is 0 Å². The van der Waals surface area contributed by atoms with Crippen molar-refractivity contribution in [3.8, 4) is 16.3 Å². The number of nitrogens with zero attached hydrogens (tertiary/aromatic N) is 2. The van der Waals surface area contributed by atoms with Gasteiger partial charge in [0.2, 0.25) is 0 Å². The zero-order chi connectivity index (χ0) is 18.5. The fourth-order valence-electron chi connectivity index (χ4n) is 3.97. The SMILES string of the molecule is c1cc(-c2nc3ccccc3s2)cc(-n2c3ccccc3c3ccccc32)c1. The Morgan fingerprint density at radius 1 is 0.643 bits per heavy atom. The summed E-state index contributed by atoms with van der Waals surface area (Å²) in [6.45, 7) is 0. The minimum Gasteiger partial charge on any atom is -0.309 e. The summed E-state index contributed by atoms with van der Waals surface area (Å²) in [6.07, 6.45) is 0. The third-order valence-electron chi connectivity index (χ3n) is 5.23. The van der Waals surface area contributed by atoms with Gasteiger partial charge in [-0.15, -0.1) is 11.3 Å². The topological polar surface area (TPSA) is 17.8 Å². The van der Waals surface area contributed by atoms with Gasteiger partial charge in [0, 0.05) is 22.0 Å². The molecule has 0 aliphatic heterocycles. The van der Waals surface area contributed by atoms with Crippen LogP contribution < -0.4 is 0 Å². The van der Waals surface area contributed by atoms with Gasteiger partial charge in [0.25, 0.3) is 0 Å². The monoisotopic (exact) mass is 376 g/mol. The Bertz CT molecular complexity index is 1390. The van der Waals surface area contributed by atoms with Crippen LogP contribution >= 0.6 is 11.3 Å². The molecular formula is C25H16N2S. The van der Waals surface area contributed by atoms with E-state index < -0.39 is 0 Å². The van der Waals surface area contributed by atoms with E-state index in [9.17, 15) is 0 Å². The predicted octanol–water partition coefficient (Wildman–Crippen LogP) is 7.06. The number of aromatic nitrogens is 2. The Labute approximate surface area is 166 Å². The fraction of sp³-hybridized carbons (Fsp3) is 0. The van der Waals surface area contributed by atoms with Gasteiger partial charge < -0.3 is 4.57 Å². The molecule has 3 heteroatoms. The average Bonchev–Trinajstić information content (AvgIpc) is 3.33. The van der Waals surface area contributed by atoms with Crippen molar-refractivity contribution >= 4 is 43.4 Å². The summed E-state index contributed by atoms with van der Waals surface area (Å²) in [5, 5.41) is 3.62. The standard InChI is InChI=1S/C25H16N2S/c1-4-13-22-19(10-1)20-11-2-5-14-23(20)27(22)18-9-7-8-17(16-18)25-26-21-12-3-6-15-24(21)28-25/h1-16H. The van der Waals surface area contributed by atoms with Gasteiger partial charge in [-0.1, -0.05) is 60.7 Å². The second kappa shape index (κ2) is 6.04. The maximum absolute atomic E-state index is 4.84. The first-order valence-electron chi connectivity index (χ1n) is 9.33. The fourth-order valence-corrected chi connectivity index (χ4v) is 4.94. The molecular weight excluding hydrogens is 360 g/mol. The van der Waals surface area contributed by atoms with E-state index in [0.29, 0.717) is 0 Å². The van der Waals surface area contributed by atoms with E-state index in [1.165, 1.54) is 26.5 Å². The van der Waals surface area contributed by atoms with Crippen LogP contribution in [0.1, 0.15) is 0 Å². The molecule has 0 atom stereocenters. The molecule has 2 nitrogen and oxygen atoms in total. The Hall–Kier alpha value is -3.43. The smallest absolute Gasteiger partial charge is 0.124 e. The summed E-state index contributed by atoms with van der Waals surface area (Å²) in [5.74, 6) is 0. The van der Waals surface area contributed by atoms with Crippen LogP contribution in [0.4, 0.5) is 0 Å². The Morgan fingerprint density at radius 2 is 1.32 bits per heavy atom. The van der Waals surface area contributed by atoms with Gasteiger partial charge in [-0.3, -0.25) is 0 Å². The number of para-hydroxylation sites is 3. The van der Waals surface area contributed by atoms with Crippen molar-refractivity contribution in [1.82, 2.24) is 9.55 Å². The third-order valence-corrected chi connectivity index (χ3v) is 6.31.